The van der Waals surface area contributed by atoms with Crippen LogP contribution in [0.25, 0.3) is 0 Å². The molecule has 0 radical (unpaired) electrons. The highest BCUT2D eigenvalue weighted by Gasteiger charge is 2.09. The standard InChI is InChI=1S/C20H23ClN8S/c1-12-5-4-6-16(17(12)21)27-20(30)29-18(23-8-7-15-10-22-11-24-15)28-19-25-13(2)9-14(3)26-19/h4-6,9-11H,7-8H2,1-3H3,(H,22,24)(H3,23,25,26,27,28,29,30). The van der Waals surface area contributed by atoms with Crippen LogP contribution in [0.1, 0.15) is 22.6 Å². The highest BCUT2D eigenvalue weighted by molar-refractivity contribution is 7.80. The topological polar surface area (TPSA) is 103 Å². The van der Waals surface area contributed by atoms with Crippen LogP contribution in [0.2, 0.25) is 5.02 Å². The first-order valence-electron chi connectivity index (χ1n) is 9.35. The van der Waals surface area contributed by atoms with E-state index in [4.69, 9.17) is 23.8 Å². The highest BCUT2D eigenvalue weighted by Crippen LogP contribution is 2.24. The number of imidazole rings is 1. The summed E-state index contributed by atoms with van der Waals surface area (Å²) in [4.78, 5) is 20.5. The Kier molecular flexibility index (Phi) is 7.31. The number of rotatable bonds is 5. The van der Waals surface area contributed by atoms with Crippen LogP contribution in [0, 0.1) is 20.8 Å². The molecule has 30 heavy (non-hydrogen) atoms. The molecule has 0 saturated carbocycles. The van der Waals surface area contributed by atoms with E-state index in [1.165, 1.54) is 0 Å². The van der Waals surface area contributed by atoms with Gasteiger partial charge < -0.3 is 15.6 Å². The fourth-order valence-corrected chi connectivity index (χ4v) is 3.09. The summed E-state index contributed by atoms with van der Waals surface area (Å²) in [5.74, 6) is 0.873. The van der Waals surface area contributed by atoms with Gasteiger partial charge >= 0.3 is 0 Å². The average Bonchev–Trinajstić information content (AvgIpc) is 3.18. The average molecular weight is 443 g/mol. The van der Waals surface area contributed by atoms with Gasteiger partial charge in [0.05, 0.1) is 17.0 Å². The molecule has 0 saturated heterocycles. The monoisotopic (exact) mass is 442 g/mol. The zero-order valence-electron chi connectivity index (χ0n) is 17.0. The van der Waals surface area contributed by atoms with Crippen molar-refractivity contribution in [3.05, 3.63) is 64.5 Å². The Hall–Kier alpha value is -3.04. The van der Waals surface area contributed by atoms with Crippen LogP contribution in [0.3, 0.4) is 0 Å². The second-order valence-electron chi connectivity index (χ2n) is 6.67. The van der Waals surface area contributed by atoms with Gasteiger partial charge in [0.1, 0.15) is 0 Å². The van der Waals surface area contributed by atoms with Crippen molar-refractivity contribution in [3.63, 3.8) is 0 Å². The zero-order valence-corrected chi connectivity index (χ0v) is 18.5. The number of nitrogens with one attached hydrogen (secondary N) is 4. The number of hydrogen-bond acceptors (Lipinski definition) is 5. The highest BCUT2D eigenvalue weighted by atomic mass is 35.5. The van der Waals surface area contributed by atoms with Crippen LogP contribution in [-0.2, 0) is 6.42 Å². The molecular formula is C20H23ClN8S. The number of anilines is 2. The van der Waals surface area contributed by atoms with E-state index in [-0.39, 0.29) is 0 Å². The summed E-state index contributed by atoms with van der Waals surface area (Å²) < 4.78 is 0. The summed E-state index contributed by atoms with van der Waals surface area (Å²) in [6, 6.07) is 7.61. The number of nitrogens with zero attached hydrogens (tertiary/aromatic N) is 4. The lowest BCUT2D eigenvalue weighted by Gasteiger charge is -2.15. The van der Waals surface area contributed by atoms with Gasteiger partial charge in [-0.15, -0.1) is 0 Å². The number of thiocarbonyl (C=S) groups is 1. The quantitative estimate of drug-likeness (QED) is 0.271. The van der Waals surface area contributed by atoms with Gasteiger partial charge in [-0.25, -0.2) is 15.0 Å². The van der Waals surface area contributed by atoms with Crippen molar-refractivity contribution in [1.82, 2.24) is 25.3 Å². The summed E-state index contributed by atoms with van der Waals surface area (Å²) in [5.41, 5.74) is 4.38. The first kappa shape index (κ1) is 21.7. The van der Waals surface area contributed by atoms with Gasteiger partial charge in [0.25, 0.3) is 0 Å². The van der Waals surface area contributed by atoms with Crippen molar-refractivity contribution < 1.29 is 0 Å². The number of aromatic nitrogens is 4. The van der Waals surface area contributed by atoms with Crippen LogP contribution in [0.4, 0.5) is 11.6 Å². The molecule has 0 atom stereocenters. The lowest BCUT2D eigenvalue weighted by molar-refractivity contribution is 0.927. The lowest BCUT2D eigenvalue weighted by atomic mass is 10.2. The third-order valence-corrected chi connectivity index (χ3v) is 4.80. The Morgan fingerprint density at radius 1 is 1.17 bits per heavy atom. The molecule has 4 N–H and O–H groups in total. The SMILES string of the molecule is Cc1cc(C)nc(NC(=NCCc2cnc[nH]2)NC(=S)Nc2cccc(C)c2Cl)n1. The molecule has 0 amide bonds. The largest absolute Gasteiger partial charge is 0.348 e. The minimum atomic E-state index is 0.347. The Balaban J connectivity index is 1.73. The molecule has 0 bridgehead atoms. The predicted molar refractivity (Wildman–Crippen MR) is 125 cm³/mol. The van der Waals surface area contributed by atoms with E-state index in [1.807, 2.05) is 45.0 Å². The molecule has 3 rings (SSSR count). The van der Waals surface area contributed by atoms with E-state index < -0.39 is 0 Å². The molecule has 0 spiro atoms. The maximum absolute atomic E-state index is 6.35. The number of H-pyrrole nitrogens is 1. The summed E-state index contributed by atoms with van der Waals surface area (Å²) in [6.45, 7) is 6.27. The van der Waals surface area contributed by atoms with E-state index in [0.717, 1.165) is 22.6 Å². The molecule has 2 aromatic heterocycles. The maximum Gasteiger partial charge on any atom is 0.229 e. The van der Waals surface area contributed by atoms with Crippen molar-refractivity contribution in [2.75, 3.05) is 17.2 Å². The van der Waals surface area contributed by atoms with E-state index >= 15 is 0 Å². The molecule has 0 aliphatic rings. The number of aryl methyl sites for hydroxylation is 3. The summed E-state index contributed by atoms with van der Waals surface area (Å²) in [6.07, 6.45) is 4.12. The van der Waals surface area contributed by atoms with Crippen molar-refractivity contribution in [3.8, 4) is 0 Å². The van der Waals surface area contributed by atoms with Gasteiger partial charge in [-0.2, -0.15) is 0 Å². The Labute approximate surface area is 185 Å². The smallest absolute Gasteiger partial charge is 0.229 e. The molecule has 0 aliphatic heterocycles. The third kappa shape index (κ3) is 6.23. The predicted octanol–water partition coefficient (Wildman–Crippen LogP) is 3.78. The van der Waals surface area contributed by atoms with Crippen LogP contribution >= 0.6 is 23.8 Å². The minimum absolute atomic E-state index is 0.347. The van der Waals surface area contributed by atoms with Crippen LogP contribution in [0.15, 0.2) is 41.8 Å². The molecule has 0 unspecified atom stereocenters. The van der Waals surface area contributed by atoms with Crippen LogP contribution in [-0.4, -0.2) is 37.6 Å². The van der Waals surface area contributed by atoms with Gasteiger partial charge in [-0.05, 0) is 50.7 Å². The van der Waals surface area contributed by atoms with Gasteiger partial charge in [-0.3, -0.25) is 10.3 Å². The van der Waals surface area contributed by atoms with E-state index in [0.29, 0.717) is 40.7 Å². The Bertz CT molecular complexity index is 1030. The molecule has 0 fully saturated rings. The number of hydrogen-bond donors (Lipinski definition) is 4. The van der Waals surface area contributed by atoms with Crippen LogP contribution in [0.5, 0.6) is 0 Å². The fourth-order valence-electron chi connectivity index (χ4n) is 2.71. The maximum atomic E-state index is 6.35. The first-order chi connectivity index (χ1) is 14.4. The number of guanidine groups is 1. The molecule has 156 valence electrons. The first-order valence-corrected chi connectivity index (χ1v) is 10.1. The molecule has 8 nitrogen and oxygen atoms in total. The Morgan fingerprint density at radius 3 is 2.63 bits per heavy atom. The molecule has 3 aromatic rings. The van der Waals surface area contributed by atoms with Crippen molar-refractivity contribution in [2.45, 2.75) is 27.2 Å². The summed E-state index contributed by atoms with van der Waals surface area (Å²) >= 11 is 11.8. The molecule has 2 heterocycles. The van der Waals surface area contributed by atoms with Crippen molar-refractivity contribution in [2.24, 2.45) is 4.99 Å². The third-order valence-electron chi connectivity index (χ3n) is 4.09. The molecule has 10 heteroatoms. The van der Waals surface area contributed by atoms with Gasteiger partial charge in [-0.1, -0.05) is 23.7 Å². The van der Waals surface area contributed by atoms with Crippen molar-refractivity contribution in [1.29, 1.82) is 0 Å². The summed E-state index contributed by atoms with van der Waals surface area (Å²) in [7, 11) is 0. The van der Waals surface area contributed by atoms with E-state index in [1.54, 1.807) is 12.5 Å². The molecule has 1 aromatic carbocycles. The van der Waals surface area contributed by atoms with Gasteiger partial charge in [0.15, 0.2) is 5.11 Å². The van der Waals surface area contributed by atoms with Crippen LogP contribution < -0.4 is 16.0 Å². The number of aliphatic imine (C=N–C) groups is 1. The zero-order chi connectivity index (χ0) is 21.5. The number of benzene rings is 1. The fraction of sp³-hybridized carbons (Fsp3) is 0.250. The normalized spacial score (nSPS) is 11.3. The Morgan fingerprint density at radius 2 is 1.93 bits per heavy atom. The second-order valence-corrected chi connectivity index (χ2v) is 7.46. The van der Waals surface area contributed by atoms with E-state index in [9.17, 15) is 0 Å². The number of halogens is 1. The van der Waals surface area contributed by atoms with Gasteiger partial charge in [0, 0.05) is 36.2 Å². The lowest BCUT2D eigenvalue weighted by Crippen LogP contribution is -2.39. The second kappa shape index (κ2) is 10.1. The van der Waals surface area contributed by atoms with Gasteiger partial charge in [0.2, 0.25) is 11.9 Å². The van der Waals surface area contributed by atoms with E-state index in [2.05, 4.69) is 40.9 Å². The van der Waals surface area contributed by atoms with Crippen molar-refractivity contribution >= 4 is 46.5 Å². The molecule has 0 aliphatic carbocycles. The number of aromatic amines is 1. The minimum Gasteiger partial charge on any atom is -0.348 e. The molecular weight excluding hydrogens is 420 g/mol. The summed E-state index contributed by atoms with van der Waals surface area (Å²) in [5, 5.41) is 10.3.